The van der Waals surface area contributed by atoms with E-state index >= 15 is 0 Å². The number of para-hydroxylation sites is 1. The number of carbonyl (C=O) groups is 2. The van der Waals surface area contributed by atoms with Gasteiger partial charge in [0.25, 0.3) is 5.91 Å². The van der Waals surface area contributed by atoms with Crippen LogP contribution in [0.1, 0.15) is 21.7 Å². The Labute approximate surface area is 197 Å². The molecule has 0 unspecified atom stereocenters. The Kier molecular flexibility index (Phi) is 7.25. The highest BCUT2D eigenvalue weighted by Gasteiger charge is 2.27. The van der Waals surface area contributed by atoms with Crippen LogP contribution in [0, 0.1) is 5.82 Å². The number of fused-ring (bicyclic) bond motifs is 1. The van der Waals surface area contributed by atoms with Crippen molar-refractivity contribution in [2.24, 2.45) is 0 Å². The predicted octanol–water partition coefficient (Wildman–Crippen LogP) is 3.86. The maximum absolute atomic E-state index is 14.8. The lowest BCUT2D eigenvalue weighted by Crippen LogP contribution is -2.39. The molecular formula is C25H28FN3O3S. The third kappa shape index (κ3) is 5.34. The molecule has 8 heteroatoms. The minimum atomic E-state index is -0.348. The average Bonchev–Trinajstić information content (AvgIpc) is 3.03. The average molecular weight is 470 g/mol. The highest BCUT2D eigenvalue weighted by Crippen LogP contribution is 2.35. The van der Waals surface area contributed by atoms with Crippen molar-refractivity contribution in [2.75, 3.05) is 46.8 Å². The Morgan fingerprint density at radius 1 is 1.03 bits per heavy atom. The van der Waals surface area contributed by atoms with Crippen LogP contribution in [-0.4, -0.2) is 73.3 Å². The van der Waals surface area contributed by atoms with Crippen molar-refractivity contribution in [3.63, 3.8) is 0 Å². The van der Waals surface area contributed by atoms with Gasteiger partial charge in [-0.2, -0.15) is 0 Å². The lowest BCUT2D eigenvalue weighted by atomic mass is 10.1. The number of thiophene rings is 1. The second kappa shape index (κ2) is 10.3. The van der Waals surface area contributed by atoms with E-state index in [-0.39, 0.29) is 24.2 Å². The van der Waals surface area contributed by atoms with E-state index < -0.39 is 0 Å². The van der Waals surface area contributed by atoms with E-state index in [1.54, 1.807) is 25.1 Å². The zero-order valence-electron chi connectivity index (χ0n) is 18.9. The summed E-state index contributed by atoms with van der Waals surface area (Å²) in [7, 11) is 3.49. The van der Waals surface area contributed by atoms with Gasteiger partial charge >= 0.3 is 0 Å². The molecule has 2 amide bonds. The molecule has 3 aromatic rings. The number of ether oxygens (including phenoxy) is 1. The molecule has 1 fully saturated rings. The molecule has 0 N–H and O–H groups in total. The summed E-state index contributed by atoms with van der Waals surface area (Å²) < 4.78 is 21.4. The molecule has 1 saturated heterocycles. The third-order valence-electron chi connectivity index (χ3n) is 5.82. The van der Waals surface area contributed by atoms with Crippen LogP contribution in [0.25, 0.3) is 10.1 Å². The van der Waals surface area contributed by atoms with E-state index in [0.717, 1.165) is 17.7 Å². The van der Waals surface area contributed by atoms with Crippen LogP contribution in [0.2, 0.25) is 0 Å². The Morgan fingerprint density at radius 2 is 1.82 bits per heavy atom. The van der Waals surface area contributed by atoms with Gasteiger partial charge in [-0.3, -0.25) is 14.5 Å². The van der Waals surface area contributed by atoms with Gasteiger partial charge in [-0.25, -0.2) is 4.39 Å². The normalized spacial score (nSPS) is 14.8. The van der Waals surface area contributed by atoms with E-state index in [1.165, 1.54) is 17.4 Å². The number of amides is 2. The van der Waals surface area contributed by atoms with Crippen LogP contribution < -0.4 is 4.74 Å². The molecule has 4 rings (SSSR count). The van der Waals surface area contributed by atoms with Crippen molar-refractivity contribution in [1.82, 2.24) is 14.7 Å². The van der Waals surface area contributed by atoms with E-state index in [4.69, 9.17) is 4.74 Å². The molecule has 0 spiro atoms. The minimum absolute atomic E-state index is 0.0510. The molecular weight excluding hydrogens is 441 g/mol. The SMILES string of the molecule is CN(C)C(=O)CN1CCCN(C(=O)c2sc3cccc(F)c3c2COc2ccccc2)CC1. The van der Waals surface area contributed by atoms with Crippen LogP contribution in [0.15, 0.2) is 48.5 Å². The summed E-state index contributed by atoms with van der Waals surface area (Å²) in [6.07, 6.45) is 0.779. The van der Waals surface area contributed by atoms with Crippen LogP contribution in [0.5, 0.6) is 5.75 Å². The fourth-order valence-corrected chi connectivity index (χ4v) is 5.15. The van der Waals surface area contributed by atoms with E-state index in [2.05, 4.69) is 4.90 Å². The molecule has 33 heavy (non-hydrogen) atoms. The minimum Gasteiger partial charge on any atom is -0.489 e. The second-order valence-electron chi connectivity index (χ2n) is 8.33. The number of carbonyl (C=O) groups excluding carboxylic acids is 2. The second-order valence-corrected chi connectivity index (χ2v) is 9.39. The smallest absolute Gasteiger partial charge is 0.264 e. The molecule has 0 aliphatic carbocycles. The first-order chi connectivity index (χ1) is 15.9. The van der Waals surface area contributed by atoms with Crippen LogP contribution >= 0.6 is 11.3 Å². The fourth-order valence-electron chi connectivity index (χ4n) is 3.96. The van der Waals surface area contributed by atoms with Gasteiger partial charge in [0, 0.05) is 55.9 Å². The highest BCUT2D eigenvalue weighted by molar-refractivity contribution is 7.21. The zero-order valence-corrected chi connectivity index (χ0v) is 19.7. The van der Waals surface area contributed by atoms with Gasteiger partial charge in [-0.15, -0.1) is 11.3 Å². The van der Waals surface area contributed by atoms with Crippen LogP contribution in [0.4, 0.5) is 4.39 Å². The Balaban J connectivity index is 1.56. The quantitative estimate of drug-likeness (QED) is 0.550. The van der Waals surface area contributed by atoms with Crippen molar-refractivity contribution in [2.45, 2.75) is 13.0 Å². The molecule has 2 aromatic carbocycles. The number of hydrogen-bond donors (Lipinski definition) is 0. The molecule has 174 valence electrons. The first kappa shape index (κ1) is 23.2. The number of rotatable bonds is 6. The number of nitrogens with zero attached hydrogens (tertiary/aromatic N) is 3. The summed E-state index contributed by atoms with van der Waals surface area (Å²) in [6.45, 7) is 2.97. The molecule has 0 bridgehead atoms. The molecule has 6 nitrogen and oxygen atoms in total. The van der Waals surface area contributed by atoms with Gasteiger partial charge in [0.1, 0.15) is 18.2 Å². The fraction of sp³-hybridized carbons (Fsp3) is 0.360. The largest absolute Gasteiger partial charge is 0.489 e. The van der Waals surface area contributed by atoms with Gasteiger partial charge in [-0.1, -0.05) is 24.3 Å². The number of hydrogen-bond acceptors (Lipinski definition) is 5. The van der Waals surface area contributed by atoms with E-state index in [9.17, 15) is 14.0 Å². The number of likely N-dealkylation sites (N-methyl/N-ethyl adjacent to an activating group) is 1. The van der Waals surface area contributed by atoms with Crippen LogP contribution in [0.3, 0.4) is 0 Å². The first-order valence-electron chi connectivity index (χ1n) is 11.0. The summed E-state index contributed by atoms with van der Waals surface area (Å²) in [5.41, 5.74) is 0.589. The van der Waals surface area contributed by atoms with Gasteiger partial charge in [0.05, 0.1) is 11.4 Å². The van der Waals surface area contributed by atoms with Gasteiger partial charge < -0.3 is 14.5 Å². The van der Waals surface area contributed by atoms with Crippen molar-refractivity contribution in [3.05, 3.63) is 64.8 Å². The van der Waals surface area contributed by atoms with E-state index in [1.807, 2.05) is 41.3 Å². The molecule has 0 atom stereocenters. The highest BCUT2D eigenvalue weighted by atomic mass is 32.1. The van der Waals surface area contributed by atoms with Gasteiger partial charge in [0.15, 0.2) is 0 Å². The van der Waals surface area contributed by atoms with Crippen molar-refractivity contribution in [3.8, 4) is 5.75 Å². The maximum Gasteiger partial charge on any atom is 0.264 e. The Morgan fingerprint density at radius 3 is 2.58 bits per heavy atom. The lowest BCUT2D eigenvalue weighted by molar-refractivity contribution is -0.129. The van der Waals surface area contributed by atoms with Crippen molar-refractivity contribution in [1.29, 1.82) is 0 Å². The lowest BCUT2D eigenvalue weighted by Gasteiger charge is -2.23. The van der Waals surface area contributed by atoms with Crippen LogP contribution in [-0.2, 0) is 11.4 Å². The third-order valence-corrected chi connectivity index (χ3v) is 7.00. The molecule has 0 radical (unpaired) electrons. The molecule has 1 aliphatic heterocycles. The summed E-state index contributed by atoms with van der Waals surface area (Å²) in [4.78, 5) is 31.6. The summed E-state index contributed by atoms with van der Waals surface area (Å²) in [6, 6.07) is 14.2. The monoisotopic (exact) mass is 469 g/mol. The van der Waals surface area contributed by atoms with Crippen molar-refractivity contribution >= 4 is 33.2 Å². The summed E-state index contributed by atoms with van der Waals surface area (Å²) in [5.74, 6) is 0.263. The van der Waals surface area contributed by atoms with Gasteiger partial charge in [0.2, 0.25) is 5.91 Å². The zero-order chi connectivity index (χ0) is 23.4. The Bertz CT molecular complexity index is 1130. The summed E-state index contributed by atoms with van der Waals surface area (Å²) in [5, 5.41) is 0.454. The predicted molar refractivity (Wildman–Crippen MR) is 128 cm³/mol. The van der Waals surface area contributed by atoms with Gasteiger partial charge in [-0.05, 0) is 30.7 Å². The molecule has 1 aliphatic rings. The summed E-state index contributed by atoms with van der Waals surface area (Å²) >= 11 is 1.31. The first-order valence-corrected chi connectivity index (χ1v) is 11.8. The van der Waals surface area contributed by atoms with Crippen molar-refractivity contribution < 1.29 is 18.7 Å². The number of benzene rings is 2. The standard InChI is InChI=1S/C25H28FN3O3S/c1-27(2)22(30)16-28-12-7-13-29(15-14-28)25(31)24-19(17-32-18-8-4-3-5-9-18)23-20(26)10-6-11-21(23)33-24/h3-6,8-11H,7,12-17H2,1-2H3. The maximum atomic E-state index is 14.8. The molecule has 2 heterocycles. The topological polar surface area (TPSA) is 53.1 Å². The Hall–Kier alpha value is -2.97. The molecule has 0 saturated carbocycles. The molecule has 1 aromatic heterocycles. The number of halogens is 1. The van der Waals surface area contributed by atoms with E-state index in [0.29, 0.717) is 47.8 Å².